The summed E-state index contributed by atoms with van der Waals surface area (Å²) in [7, 11) is 0. The molecule has 1 aliphatic heterocycles. The van der Waals surface area contributed by atoms with Gasteiger partial charge in [-0.2, -0.15) is 0 Å². The Bertz CT molecular complexity index is 542. The van der Waals surface area contributed by atoms with E-state index >= 15 is 0 Å². The zero-order valence-corrected chi connectivity index (χ0v) is 12.2. The van der Waals surface area contributed by atoms with E-state index in [0.717, 1.165) is 30.7 Å². The van der Waals surface area contributed by atoms with Crippen molar-refractivity contribution in [2.45, 2.75) is 51.1 Å². The minimum atomic E-state index is -0.889. The standard InChI is InChI=1S/C14H18N2O3S/c1-8-15-10(7-20-8)13(17)16-11-5-3-2-4-9(11)6-12(16)14(18)19/h7,9,11-12H,2-6H2,1H3,(H,18,19)/t9-,11+,12+/m1/s1. The number of carbonyl (C=O) groups excluding carboxylic acids is 1. The number of nitrogens with zero attached hydrogens (tertiary/aromatic N) is 2. The Balaban J connectivity index is 1.90. The first-order chi connectivity index (χ1) is 9.58. The highest BCUT2D eigenvalue weighted by Crippen LogP contribution is 2.40. The minimum Gasteiger partial charge on any atom is -0.480 e. The highest BCUT2D eigenvalue weighted by atomic mass is 32.1. The van der Waals surface area contributed by atoms with Crippen LogP contribution < -0.4 is 0 Å². The maximum absolute atomic E-state index is 12.6. The SMILES string of the molecule is Cc1nc(C(=O)N2[C@H](C(=O)O)C[C@H]3CCCC[C@@H]32)cs1. The Morgan fingerprint density at radius 1 is 1.40 bits per heavy atom. The lowest BCUT2D eigenvalue weighted by molar-refractivity contribution is -0.141. The van der Waals surface area contributed by atoms with Gasteiger partial charge in [-0.1, -0.05) is 12.8 Å². The first-order valence-electron chi connectivity index (χ1n) is 7.05. The average molecular weight is 294 g/mol. The number of carboxylic acid groups (broad SMARTS) is 1. The number of rotatable bonds is 2. The van der Waals surface area contributed by atoms with Crippen molar-refractivity contribution in [2.24, 2.45) is 5.92 Å². The van der Waals surface area contributed by atoms with Crippen LogP contribution in [-0.4, -0.2) is 39.0 Å². The lowest BCUT2D eigenvalue weighted by Gasteiger charge is -2.32. The van der Waals surface area contributed by atoms with Crippen molar-refractivity contribution >= 4 is 23.2 Å². The van der Waals surface area contributed by atoms with Gasteiger partial charge < -0.3 is 10.0 Å². The van der Waals surface area contributed by atoms with Crippen LogP contribution in [0.2, 0.25) is 0 Å². The van der Waals surface area contributed by atoms with Crippen LogP contribution in [0.3, 0.4) is 0 Å². The fraction of sp³-hybridized carbons (Fsp3) is 0.643. The van der Waals surface area contributed by atoms with E-state index < -0.39 is 12.0 Å². The smallest absolute Gasteiger partial charge is 0.326 e. The zero-order chi connectivity index (χ0) is 14.3. The van der Waals surface area contributed by atoms with Gasteiger partial charge in [0.2, 0.25) is 0 Å². The van der Waals surface area contributed by atoms with Crippen LogP contribution in [0.5, 0.6) is 0 Å². The molecule has 1 N–H and O–H groups in total. The minimum absolute atomic E-state index is 0.0827. The predicted octanol–water partition coefficient (Wildman–Crippen LogP) is 2.31. The molecule has 1 saturated carbocycles. The van der Waals surface area contributed by atoms with Crippen LogP contribution in [0.25, 0.3) is 0 Å². The Hall–Kier alpha value is -1.43. The number of aliphatic carboxylic acids is 1. The Labute approximate surface area is 121 Å². The highest BCUT2D eigenvalue weighted by Gasteiger charge is 2.48. The van der Waals surface area contributed by atoms with Crippen LogP contribution >= 0.6 is 11.3 Å². The van der Waals surface area contributed by atoms with Crippen LogP contribution in [0.4, 0.5) is 0 Å². The number of hydrogen-bond acceptors (Lipinski definition) is 4. The van der Waals surface area contributed by atoms with E-state index in [1.54, 1.807) is 10.3 Å². The number of aryl methyl sites for hydroxylation is 1. The van der Waals surface area contributed by atoms with Gasteiger partial charge in [-0.3, -0.25) is 4.79 Å². The Kier molecular flexibility index (Phi) is 3.50. The molecule has 1 aliphatic carbocycles. The highest BCUT2D eigenvalue weighted by molar-refractivity contribution is 7.09. The third-order valence-electron chi connectivity index (χ3n) is 4.45. The van der Waals surface area contributed by atoms with Crippen LogP contribution in [0.15, 0.2) is 5.38 Å². The summed E-state index contributed by atoms with van der Waals surface area (Å²) in [6.45, 7) is 1.85. The molecule has 0 aromatic carbocycles. The molecule has 1 aromatic rings. The van der Waals surface area contributed by atoms with Gasteiger partial charge >= 0.3 is 5.97 Å². The number of amides is 1. The maximum atomic E-state index is 12.6. The van der Waals surface area contributed by atoms with E-state index in [4.69, 9.17) is 0 Å². The molecule has 3 rings (SSSR count). The number of thiazole rings is 1. The first-order valence-corrected chi connectivity index (χ1v) is 7.93. The molecule has 1 aromatic heterocycles. The van der Waals surface area contributed by atoms with Crippen molar-refractivity contribution in [3.05, 3.63) is 16.1 Å². The van der Waals surface area contributed by atoms with Gasteiger partial charge in [-0.05, 0) is 32.1 Å². The summed E-state index contributed by atoms with van der Waals surface area (Å²) in [5, 5.41) is 12.0. The molecule has 5 nitrogen and oxygen atoms in total. The molecule has 2 fully saturated rings. The van der Waals surface area contributed by atoms with Crippen molar-refractivity contribution < 1.29 is 14.7 Å². The fourth-order valence-corrected chi connectivity index (χ4v) is 4.15. The monoisotopic (exact) mass is 294 g/mol. The number of likely N-dealkylation sites (tertiary alicyclic amines) is 1. The predicted molar refractivity (Wildman–Crippen MR) is 74.8 cm³/mol. The Morgan fingerprint density at radius 3 is 2.80 bits per heavy atom. The van der Waals surface area contributed by atoms with Crippen molar-refractivity contribution in [1.29, 1.82) is 0 Å². The third-order valence-corrected chi connectivity index (χ3v) is 5.22. The van der Waals surface area contributed by atoms with Crippen molar-refractivity contribution in [3.8, 4) is 0 Å². The second-order valence-corrected chi connectivity index (χ2v) is 6.73. The van der Waals surface area contributed by atoms with Crippen LogP contribution in [0, 0.1) is 12.8 Å². The number of hydrogen-bond donors (Lipinski definition) is 1. The van der Waals surface area contributed by atoms with Gasteiger partial charge in [0.05, 0.1) is 5.01 Å². The Morgan fingerprint density at radius 2 is 2.15 bits per heavy atom. The number of carbonyl (C=O) groups is 2. The van der Waals surface area contributed by atoms with Gasteiger partial charge in [0.15, 0.2) is 0 Å². The summed E-state index contributed by atoms with van der Waals surface area (Å²) >= 11 is 1.42. The molecule has 1 saturated heterocycles. The number of carboxylic acids is 1. The van der Waals surface area contributed by atoms with Crippen molar-refractivity contribution in [2.75, 3.05) is 0 Å². The van der Waals surface area contributed by atoms with Crippen molar-refractivity contribution in [1.82, 2.24) is 9.88 Å². The van der Waals surface area contributed by atoms with E-state index in [0.29, 0.717) is 18.0 Å². The quantitative estimate of drug-likeness (QED) is 0.908. The molecular formula is C14H18N2O3S. The molecule has 0 bridgehead atoms. The van der Waals surface area contributed by atoms with E-state index in [2.05, 4.69) is 4.98 Å². The van der Waals surface area contributed by atoms with Crippen LogP contribution in [0.1, 0.15) is 47.6 Å². The summed E-state index contributed by atoms with van der Waals surface area (Å²) in [5.41, 5.74) is 0.393. The second-order valence-electron chi connectivity index (χ2n) is 5.67. The average Bonchev–Trinajstić information content (AvgIpc) is 3.01. The molecule has 1 amide bonds. The molecule has 6 heteroatoms. The molecular weight excluding hydrogens is 276 g/mol. The zero-order valence-electron chi connectivity index (χ0n) is 11.4. The lowest BCUT2D eigenvalue weighted by Crippen LogP contribution is -2.46. The molecule has 0 unspecified atom stereocenters. The van der Waals surface area contributed by atoms with Gasteiger partial charge in [0, 0.05) is 11.4 Å². The van der Waals surface area contributed by atoms with Gasteiger partial charge in [-0.25, -0.2) is 9.78 Å². The summed E-state index contributed by atoms with van der Waals surface area (Å²) in [4.78, 5) is 29.9. The molecule has 2 heterocycles. The molecule has 3 atom stereocenters. The fourth-order valence-electron chi connectivity index (χ4n) is 3.57. The van der Waals surface area contributed by atoms with Gasteiger partial charge in [0.25, 0.3) is 5.91 Å². The van der Waals surface area contributed by atoms with E-state index in [1.807, 2.05) is 6.92 Å². The second kappa shape index (κ2) is 5.16. The summed E-state index contributed by atoms with van der Waals surface area (Å²) in [6, 6.07) is -0.600. The van der Waals surface area contributed by atoms with Gasteiger partial charge in [0.1, 0.15) is 11.7 Å². The lowest BCUT2D eigenvalue weighted by atomic mass is 9.84. The van der Waals surface area contributed by atoms with E-state index in [1.165, 1.54) is 11.3 Å². The number of aromatic nitrogens is 1. The van der Waals surface area contributed by atoms with Crippen molar-refractivity contribution in [3.63, 3.8) is 0 Å². The summed E-state index contributed by atoms with van der Waals surface area (Å²) in [5.74, 6) is -0.760. The van der Waals surface area contributed by atoms with E-state index in [9.17, 15) is 14.7 Å². The topological polar surface area (TPSA) is 70.5 Å². The molecule has 20 heavy (non-hydrogen) atoms. The molecule has 2 aliphatic rings. The largest absolute Gasteiger partial charge is 0.480 e. The summed E-state index contributed by atoms with van der Waals surface area (Å²) in [6.07, 6.45) is 4.77. The van der Waals surface area contributed by atoms with Crippen LogP contribution in [-0.2, 0) is 4.79 Å². The maximum Gasteiger partial charge on any atom is 0.326 e. The first kappa shape index (κ1) is 13.5. The molecule has 0 radical (unpaired) electrons. The molecule has 0 spiro atoms. The van der Waals surface area contributed by atoms with E-state index in [-0.39, 0.29) is 11.9 Å². The normalized spacial score (nSPS) is 29.2. The van der Waals surface area contributed by atoms with Gasteiger partial charge in [-0.15, -0.1) is 11.3 Å². The number of fused-ring (bicyclic) bond motifs is 1. The third kappa shape index (κ3) is 2.22. The summed E-state index contributed by atoms with van der Waals surface area (Å²) < 4.78 is 0. The molecule has 108 valence electrons.